The smallest absolute Gasteiger partial charge is 0.294 e. The monoisotopic (exact) mass is 453 g/mol. The largest absolute Gasteiger partial charge is 0.457 e. The zero-order valence-corrected chi connectivity index (χ0v) is 19.3. The summed E-state index contributed by atoms with van der Waals surface area (Å²) < 4.78 is 69.2. The van der Waals surface area contributed by atoms with E-state index >= 15 is 0 Å². The summed E-state index contributed by atoms with van der Waals surface area (Å²) in [5.74, 6) is 1.04. The Balaban J connectivity index is 0.00000256. The fourth-order valence-corrected chi connectivity index (χ4v) is 4.02. The molecule has 7 nitrogen and oxygen atoms in total. The Kier molecular flexibility index (Phi) is 6.26. The Morgan fingerprint density at radius 2 is 0.867 bits per heavy atom. The molecular weight excluding hydrogens is 439 g/mol. The van der Waals surface area contributed by atoms with Crippen LogP contribution < -0.4 is 4.74 Å². The quantitative estimate of drug-likeness (QED) is 0.355. The van der Waals surface area contributed by atoms with Crippen molar-refractivity contribution in [2.75, 3.05) is 0 Å². The first kappa shape index (κ1) is 22.7. The van der Waals surface area contributed by atoms with Crippen molar-refractivity contribution in [1.82, 2.24) is 0 Å². The van der Waals surface area contributed by atoms with Crippen LogP contribution in [0.5, 0.6) is 11.5 Å². The van der Waals surface area contributed by atoms with Crippen LogP contribution in [0.1, 0.15) is 0 Å². The minimum Gasteiger partial charge on any atom is -0.457 e. The van der Waals surface area contributed by atoms with Crippen molar-refractivity contribution in [2.45, 2.75) is 9.79 Å². The Morgan fingerprint density at radius 1 is 0.533 bits per heavy atom. The average Bonchev–Trinajstić information content (AvgIpc) is 2.65. The predicted octanol–water partition coefficient (Wildman–Crippen LogP) is 3.90. The van der Waals surface area contributed by atoms with Crippen LogP contribution in [-0.2, 0) is 20.2 Å². The van der Waals surface area contributed by atoms with Crippen LogP contribution in [0.2, 0.25) is 0 Å². The normalized spacial score (nSPS) is 11.9. The van der Waals surface area contributed by atoms with Gasteiger partial charge >= 0.3 is 0 Å². The van der Waals surface area contributed by atoms with E-state index in [0.717, 1.165) is 10.8 Å². The first-order valence-corrected chi connectivity index (χ1v) is 11.2. The van der Waals surface area contributed by atoms with Crippen molar-refractivity contribution in [3.63, 3.8) is 0 Å². The summed E-state index contributed by atoms with van der Waals surface area (Å²) in [4.78, 5) is -0.366. The second kappa shape index (κ2) is 8.27. The van der Waals surface area contributed by atoms with E-state index < -0.39 is 20.2 Å². The number of fused-ring (bicyclic) bond motifs is 2. The van der Waals surface area contributed by atoms with Crippen molar-refractivity contribution in [3.05, 3.63) is 72.8 Å². The molecule has 0 bridgehead atoms. The van der Waals surface area contributed by atoms with Gasteiger partial charge < -0.3 is 4.74 Å². The van der Waals surface area contributed by atoms with Crippen LogP contribution >= 0.6 is 0 Å². The molecule has 0 saturated heterocycles. The molecule has 0 aliphatic rings. The van der Waals surface area contributed by atoms with Crippen molar-refractivity contribution in [3.8, 4) is 11.5 Å². The zero-order chi connectivity index (χ0) is 20.8. The van der Waals surface area contributed by atoms with Crippen LogP contribution in [0.25, 0.3) is 21.5 Å². The first-order valence-electron chi connectivity index (χ1n) is 8.30. The maximum absolute atomic E-state index is 11.3. The Bertz CT molecular complexity index is 1370. The third kappa shape index (κ3) is 4.84. The molecule has 0 fully saturated rings. The molecule has 30 heavy (non-hydrogen) atoms. The number of hydrogen-bond acceptors (Lipinski definition) is 5. The van der Waals surface area contributed by atoms with Gasteiger partial charge in [0.25, 0.3) is 20.2 Å². The van der Waals surface area contributed by atoms with Crippen LogP contribution in [0.3, 0.4) is 0 Å². The maximum atomic E-state index is 11.3. The first-order chi connectivity index (χ1) is 13.6. The summed E-state index contributed by atoms with van der Waals surface area (Å²) in [5.41, 5.74) is 0. The van der Waals surface area contributed by atoms with E-state index in [2.05, 4.69) is 0 Å². The van der Waals surface area contributed by atoms with Gasteiger partial charge in [0, 0.05) is 29.6 Å². The van der Waals surface area contributed by atoms with Gasteiger partial charge in [-0.2, -0.15) is 16.8 Å². The molecule has 0 spiro atoms. The van der Waals surface area contributed by atoms with E-state index in [-0.39, 0.29) is 39.3 Å². The van der Waals surface area contributed by atoms with Gasteiger partial charge in [0.1, 0.15) is 11.5 Å². The minimum atomic E-state index is -4.27. The van der Waals surface area contributed by atoms with Crippen LogP contribution in [0, 0.1) is 0 Å². The number of hydrogen-bond donors (Lipinski definition) is 2. The van der Waals surface area contributed by atoms with Gasteiger partial charge in [-0.15, -0.1) is 0 Å². The third-order valence-corrected chi connectivity index (χ3v) is 6.10. The fourth-order valence-electron chi connectivity index (χ4n) is 2.99. The van der Waals surface area contributed by atoms with Gasteiger partial charge in [-0.05, 0) is 70.1 Å². The molecule has 1 radical (unpaired) electrons. The van der Waals surface area contributed by atoms with Gasteiger partial charge in [0.05, 0.1) is 9.79 Å². The van der Waals surface area contributed by atoms with Gasteiger partial charge in [-0.25, -0.2) is 0 Å². The summed E-state index contributed by atoms with van der Waals surface area (Å²) in [6.45, 7) is 0. The summed E-state index contributed by atoms with van der Waals surface area (Å²) in [5, 5.41) is 2.72. The molecule has 0 amide bonds. The van der Waals surface area contributed by atoms with Crippen molar-refractivity contribution >= 4 is 71.3 Å². The van der Waals surface area contributed by atoms with Crippen LogP contribution in [0.4, 0.5) is 0 Å². The molecule has 0 aliphatic carbocycles. The van der Waals surface area contributed by atoms with E-state index in [1.165, 1.54) is 24.3 Å². The molecule has 0 aliphatic heterocycles. The van der Waals surface area contributed by atoms with Crippen molar-refractivity contribution < 1.29 is 30.7 Å². The Labute approximate surface area is 195 Å². The molecule has 0 aromatic heterocycles. The molecule has 0 saturated carbocycles. The van der Waals surface area contributed by atoms with Crippen LogP contribution in [0.15, 0.2) is 82.6 Å². The molecule has 0 unspecified atom stereocenters. The van der Waals surface area contributed by atoms with Crippen molar-refractivity contribution in [1.29, 1.82) is 0 Å². The SMILES string of the molecule is O=S(=O)(O)c1ccc2cc(Oc3ccc4cc(S(=O)(=O)O)ccc4c3)ccc2c1.[Na]. The summed E-state index contributed by atoms with van der Waals surface area (Å²) in [6.07, 6.45) is 0. The summed E-state index contributed by atoms with van der Waals surface area (Å²) in [7, 11) is -8.54. The predicted molar refractivity (Wildman–Crippen MR) is 113 cm³/mol. The Hall–Kier alpha value is -1.98. The summed E-state index contributed by atoms with van der Waals surface area (Å²) in [6, 6.07) is 18.7. The average molecular weight is 453 g/mol. The second-order valence-electron chi connectivity index (χ2n) is 6.39. The minimum absolute atomic E-state index is 0. The molecule has 2 N–H and O–H groups in total. The molecular formula is C20H14NaO7S2. The third-order valence-electron chi connectivity index (χ3n) is 4.40. The van der Waals surface area contributed by atoms with E-state index in [1.807, 2.05) is 0 Å². The van der Waals surface area contributed by atoms with E-state index in [9.17, 15) is 16.8 Å². The number of ether oxygens (including phenoxy) is 1. The number of benzene rings is 4. The van der Waals surface area contributed by atoms with Gasteiger partial charge in [0.2, 0.25) is 0 Å². The number of rotatable bonds is 4. The fraction of sp³-hybridized carbons (Fsp3) is 0. The van der Waals surface area contributed by atoms with E-state index in [0.29, 0.717) is 22.3 Å². The molecule has 149 valence electrons. The zero-order valence-electron chi connectivity index (χ0n) is 15.7. The maximum Gasteiger partial charge on any atom is 0.294 e. The van der Waals surface area contributed by atoms with Crippen LogP contribution in [-0.4, -0.2) is 55.5 Å². The van der Waals surface area contributed by atoms with E-state index in [4.69, 9.17) is 13.8 Å². The molecule has 4 aromatic rings. The standard InChI is InChI=1S/C20H14O7S2.Na/c21-28(22,23)19-7-3-13-9-17(5-1-15(13)11-19)27-18-6-2-16-12-20(29(24,25)26)8-4-14(16)10-18;/h1-12H,(H,21,22,23)(H,24,25,26);. The van der Waals surface area contributed by atoms with Gasteiger partial charge in [0.15, 0.2) is 0 Å². The molecule has 4 aromatic carbocycles. The molecule has 4 rings (SSSR count). The molecule has 10 heteroatoms. The summed E-state index contributed by atoms with van der Waals surface area (Å²) >= 11 is 0. The molecule has 0 heterocycles. The van der Waals surface area contributed by atoms with Gasteiger partial charge in [-0.3, -0.25) is 9.11 Å². The molecule has 0 atom stereocenters. The van der Waals surface area contributed by atoms with E-state index in [1.54, 1.807) is 48.5 Å². The Morgan fingerprint density at radius 3 is 1.23 bits per heavy atom. The van der Waals surface area contributed by atoms with Crippen molar-refractivity contribution in [2.24, 2.45) is 0 Å². The second-order valence-corrected chi connectivity index (χ2v) is 9.24. The topological polar surface area (TPSA) is 118 Å². The van der Waals surface area contributed by atoms with Gasteiger partial charge in [-0.1, -0.05) is 24.3 Å².